The third-order valence-corrected chi connectivity index (χ3v) is 3.84. The first-order valence-corrected chi connectivity index (χ1v) is 8.47. The zero-order valence-corrected chi connectivity index (χ0v) is 14.8. The molecule has 0 aliphatic rings. The van der Waals surface area contributed by atoms with Crippen molar-refractivity contribution in [3.63, 3.8) is 0 Å². The smallest absolute Gasteiger partial charge is 0.316 e. The maximum absolute atomic E-state index is 12.9. The van der Waals surface area contributed by atoms with Crippen LogP contribution in [0.15, 0.2) is 72.8 Å². The Morgan fingerprint density at radius 2 is 1.43 bits per heavy atom. The van der Waals surface area contributed by atoms with Crippen LogP contribution in [0.2, 0.25) is 0 Å². The van der Waals surface area contributed by atoms with E-state index in [1.54, 1.807) is 48.5 Å². The van der Waals surface area contributed by atoms with Gasteiger partial charge in [-0.25, -0.2) is 9.18 Å². The van der Waals surface area contributed by atoms with Crippen LogP contribution in [0.25, 0.3) is 0 Å². The van der Waals surface area contributed by atoms with Crippen molar-refractivity contribution in [3.05, 3.63) is 89.7 Å². The van der Waals surface area contributed by atoms with Crippen LogP contribution in [-0.4, -0.2) is 11.9 Å². The molecule has 0 spiro atoms. The Balaban J connectivity index is 1.53. The van der Waals surface area contributed by atoms with Gasteiger partial charge in [-0.3, -0.25) is 4.79 Å². The highest BCUT2D eigenvalue weighted by molar-refractivity contribution is 5.95. The summed E-state index contributed by atoms with van der Waals surface area (Å²) < 4.78 is 18.5. The van der Waals surface area contributed by atoms with E-state index < -0.39 is 6.03 Å². The van der Waals surface area contributed by atoms with Crippen LogP contribution in [0.4, 0.5) is 14.9 Å². The van der Waals surface area contributed by atoms with Crippen molar-refractivity contribution in [2.45, 2.75) is 6.54 Å². The Kier molecular flexibility index (Phi) is 5.86. The van der Waals surface area contributed by atoms with Gasteiger partial charge in [0.15, 0.2) is 0 Å². The van der Waals surface area contributed by atoms with Gasteiger partial charge in [0, 0.05) is 17.8 Å². The predicted octanol–water partition coefficient (Wildman–Crippen LogP) is 4.04. The van der Waals surface area contributed by atoms with Crippen LogP contribution in [0.3, 0.4) is 0 Å². The van der Waals surface area contributed by atoms with Crippen molar-refractivity contribution in [1.82, 2.24) is 5.32 Å². The zero-order valence-electron chi connectivity index (χ0n) is 14.8. The van der Waals surface area contributed by atoms with E-state index in [2.05, 4.69) is 10.6 Å². The van der Waals surface area contributed by atoms with E-state index in [1.165, 1.54) is 12.1 Å². The van der Waals surface area contributed by atoms with E-state index in [9.17, 15) is 14.0 Å². The quantitative estimate of drug-likeness (QED) is 0.603. The first-order chi connectivity index (χ1) is 13.5. The number of anilines is 1. The lowest BCUT2D eigenvalue weighted by Crippen LogP contribution is -2.23. The van der Waals surface area contributed by atoms with Crippen LogP contribution in [-0.2, 0) is 6.54 Å². The molecule has 6 nitrogen and oxygen atoms in total. The second-order valence-electron chi connectivity index (χ2n) is 5.95. The van der Waals surface area contributed by atoms with Gasteiger partial charge in [0.1, 0.15) is 17.3 Å². The monoisotopic (exact) mass is 379 g/mol. The Bertz CT molecular complexity index is 956. The summed E-state index contributed by atoms with van der Waals surface area (Å²) in [6.07, 6.45) is 0. The van der Waals surface area contributed by atoms with Crippen LogP contribution in [0, 0.1) is 5.82 Å². The summed E-state index contributed by atoms with van der Waals surface area (Å²) in [5, 5.41) is 5.25. The molecule has 0 radical (unpaired) electrons. The second-order valence-corrected chi connectivity index (χ2v) is 5.95. The number of benzene rings is 3. The van der Waals surface area contributed by atoms with Crippen molar-refractivity contribution in [1.29, 1.82) is 0 Å². The van der Waals surface area contributed by atoms with Gasteiger partial charge in [-0.1, -0.05) is 12.1 Å². The maximum atomic E-state index is 12.9. The lowest BCUT2D eigenvalue weighted by atomic mass is 10.1. The molecule has 4 N–H and O–H groups in total. The van der Waals surface area contributed by atoms with Gasteiger partial charge in [-0.05, 0) is 66.2 Å². The normalized spacial score (nSPS) is 10.2. The Morgan fingerprint density at radius 1 is 0.857 bits per heavy atom. The molecule has 3 aromatic carbocycles. The van der Waals surface area contributed by atoms with Gasteiger partial charge in [0.05, 0.1) is 0 Å². The number of halogens is 1. The summed E-state index contributed by atoms with van der Waals surface area (Å²) in [6, 6.07) is 18.7. The second kappa shape index (κ2) is 8.68. The summed E-state index contributed by atoms with van der Waals surface area (Å²) in [5.74, 6) is 0.588. The number of rotatable bonds is 6. The first kappa shape index (κ1) is 18.9. The summed E-state index contributed by atoms with van der Waals surface area (Å²) in [4.78, 5) is 23.0. The summed E-state index contributed by atoms with van der Waals surface area (Å²) in [6.45, 7) is 0.344. The molecule has 0 saturated carbocycles. The van der Waals surface area contributed by atoms with Gasteiger partial charge < -0.3 is 21.1 Å². The van der Waals surface area contributed by atoms with Crippen molar-refractivity contribution >= 4 is 17.6 Å². The third kappa shape index (κ3) is 5.31. The minimum atomic E-state index is -0.663. The number of hydrogen-bond acceptors (Lipinski definition) is 3. The van der Waals surface area contributed by atoms with Crippen molar-refractivity contribution < 1.29 is 18.7 Å². The summed E-state index contributed by atoms with van der Waals surface area (Å²) in [5.41, 5.74) is 6.91. The number of ether oxygens (including phenoxy) is 1. The first-order valence-electron chi connectivity index (χ1n) is 8.47. The highest BCUT2D eigenvalue weighted by atomic mass is 19.1. The molecule has 0 heterocycles. The number of hydrogen-bond donors (Lipinski definition) is 3. The molecule has 0 saturated heterocycles. The van der Waals surface area contributed by atoms with Crippen LogP contribution < -0.4 is 21.1 Å². The number of nitrogens with one attached hydrogen (secondary N) is 2. The molecule has 0 bridgehead atoms. The molecule has 0 aromatic heterocycles. The molecule has 3 amide bonds. The molecule has 28 heavy (non-hydrogen) atoms. The lowest BCUT2D eigenvalue weighted by Gasteiger charge is -2.09. The van der Waals surface area contributed by atoms with Gasteiger partial charge in [-0.15, -0.1) is 0 Å². The standard InChI is InChI=1S/C21H18FN3O3/c22-16-5-11-19(12-6-16)28-18-9-1-14(2-10-18)13-24-20(26)15-3-7-17(8-4-15)25-21(23)27/h1-12H,13H2,(H,24,26)(H3,23,25,27). The number of primary amides is 1. The van der Waals surface area contributed by atoms with E-state index in [0.29, 0.717) is 29.3 Å². The summed E-state index contributed by atoms with van der Waals surface area (Å²) in [7, 11) is 0. The molecule has 0 aliphatic carbocycles. The van der Waals surface area contributed by atoms with Gasteiger partial charge >= 0.3 is 6.03 Å². The molecule has 0 aliphatic heterocycles. The molecular formula is C21H18FN3O3. The molecular weight excluding hydrogens is 361 g/mol. The van der Waals surface area contributed by atoms with Crippen molar-refractivity contribution in [2.75, 3.05) is 5.32 Å². The molecule has 0 atom stereocenters. The number of carbonyl (C=O) groups is 2. The average Bonchev–Trinajstić information content (AvgIpc) is 2.69. The van der Waals surface area contributed by atoms with Crippen LogP contribution in [0.1, 0.15) is 15.9 Å². The van der Waals surface area contributed by atoms with E-state index >= 15 is 0 Å². The van der Waals surface area contributed by atoms with Crippen LogP contribution in [0.5, 0.6) is 11.5 Å². The highest BCUT2D eigenvalue weighted by Gasteiger charge is 2.06. The summed E-state index contributed by atoms with van der Waals surface area (Å²) >= 11 is 0. The molecule has 7 heteroatoms. The Morgan fingerprint density at radius 3 is 2.00 bits per heavy atom. The van der Waals surface area contributed by atoms with E-state index in [-0.39, 0.29) is 11.7 Å². The molecule has 0 fully saturated rings. The zero-order chi connectivity index (χ0) is 19.9. The lowest BCUT2D eigenvalue weighted by molar-refractivity contribution is 0.0951. The fourth-order valence-electron chi connectivity index (χ4n) is 2.45. The number of carbonyl (C=O) groups excluding carboxylic acids is 2. The topological polar surface area (TPSA) is 93.5 Å². The molecule has 142 valence electrons. The predicted molar refractivity (Wildman–Crippen MR) is 104 cm³/mol. The number of urea groups is 1. The Labute approximate surface area is 161 Å². The maximum Gasteiger partial charge on any atom is 0.316 e. The van der Waals surface area contributed by atoms with E-state index in [4.69, 9.17) is 10.5 Å². The highest BCUT2D eigenvalue weighted by Crippen LogP contribution is 2.21. The van der Waals surface area contributed by atoms with Gasteiger partial charge in [0.25, 0.3) is 5.91 Å². The Hall–Kier alpha value is -3.87. The largest absolute Gasteiger partial charge is 0.457 e. The average molecular weight is 379 g/mol. The SMILES string of the molecule is NC(=O)Nc1ccc(C(=O)NCc2ccc(Oc3ccc(F)cc3)cc2)cc1. The minimum absolute atomic E-state index is 0.239. The number of nitrogens with two attached hydrogens (primary N) is 1. The molecule has 0 unspecified atom stereocenters. The van der Waals surface area contributed by atoms with Gasteiger partial charge in [0.2, 0.25) is 0 Å². The third-order valence-electron chi connectivity index (χ3n) is 3.84. The van der Waals surface area contributed by atoms with Crippen molar-refractivity contribution in [3.8, 4) is 11.5 Å². The number of amides is 3. The molecule has 3 aromatic rings. The minimum Gasteiger partial charge on any atom is -0.457 e. The van der Waals surface area contributed by atoms with Gasteiger partial charge in [-0.2, -0.15) is 0 Å². The van der Waals surface area contributed by atoms with E-state index in [1.807, 2.05) is 12.1 Å². The van der Waals surface area contributed by atoms with Crippen molar-refractivity contribution in [2.24, 2.45) is 5.73 Å². The van der Waals surface area contributed by atoms with E-state index in [0.717, 1.165) is 5.56 Å². The molecule has 3 rings (SSSR count). The van der Waals surface area contributed by atoms with Crippen LogP contribution >= 0.6 is 0 Å². The fraction of sp³-hybridized carbons (Fsp3) is 0.0476. The fourth-order valence-corrected chi connectivity index (χ4v) is 2.45.